The number of quaternary nitrogens is 1. The van der Waals surface area contributed by atoms with Crippen LogP contribution >= 0.6 is 11.9 Å². The number of rotatable bonds is 5. The van der Waals surface area contributed by atoms with Gasteiger partial charge in [-0.1, -0.05) is 16.3 Å². The van der Waals surface area contributed by atoms with Crippen molar-refractivity contribution in [2.24, 2.45) is 0 Å². The van der Waals surface area contributed by atoms with E-state index in [4.69, 9.17) is 4.74 Å². The quantitative estimate of drug-likeness (QED) is 0.288. The summed E-state index contributed by atoms with van der Waals surface area (Å²) in [5.41, 5.74) is -0.468. The van der Waals surface area contributed by atoms with Crippen LogP contribution in [0.25, 0.3) is 0 Å². The maximum atomic E-state index is 14.4. The van der Waals surface area contributed by atoms with E-state index < -0.39 is 44.9 Å². The van der Waals surface area contributed by atoms with E-state index in [1.807, 2.05) is 0 Å². The largest absolute Gasteiger partial charge is 0.579 e. The second kappa shape index (κ2) is 8.03. The second-order valence-corrected chi connectivity index (χ2v) is 8.58. The zero-order valence-corrected chi connectivity index (χ0v) is 16.3. The molecule has 1 aromatic rings. The standard InChI is InChI=1S/C17H21FN2O7S/c1-17(2,3)27-16(24)19-12(15(22)23)7-9-4-5-10(11(18)6-9)13-8-14(21)20(25,26)28-13/h4-6,12-13,25H,7-8H2,1-3H3,(H,19,24)(H,22,23). The number of halogens is 1. The molecule has 3 N–H and O–H groups in total. The Morgan fingerprint density at radius 2 is 2.11 bits per heavy atom. The van der Waals surface area contributed by atoms with E-state index in [2.05, 4.69) is 5.32 Å². The van der Waals surface area contributed by atoms with Gasteiger partial charge in [-0.15, -0.1) is 0 Å². The summed E-state index contributed by atoms with van der Waals surface area (Å²) in [5, 5.41) is 31.5. The van der Waals surface area contributed by atoms with Crippen molar-refractivity contribution in [1.29, 1.82) is 0 Å². The van der Waals surface area contributed by atoms with Crippen LogP contribution in [0.5, 0.6) is 0 Å². The number of nitrogens with one attached hydrogen (secondary N) is 1. The Morgan fingerprint density at radius 1 is 1.46 bits per heavy atom. The highest BCUT2D eigenvalue weighted by Crippen LogP contribution is 2.46. The number of carbonyl (C=O) groups is 3. The van der Waals surface area contributed by atoms with E-state index in [0.717, 1.165) is 6.07 Å². The van der Waals surface area contributed by atoms with Crippen molar-refractivity contribution in [3.05, 3.63) is 40.4 Å². The number of nitrogens with zero attached hydrogens (tertiary/aromatic N) is 1. The molecule has 1 saturated heterocycles. The van der Waals surface area contributed by atoms with Gasteiger partial charge in [0.05, 0.1) is 6.42 Å². The van der Waals surface area contributed by atoms with Gasteiger partial charge in [0.15, 0.2) is 0 Å². The van der Waals surface area contributed by atoms with Crippen molar-refractivity contribution in [1.82, 2.24) is 5.32 Å². The van der Waals surface area contributed by atoms with Crippen molar-refractivity contribution in [2.45, 2.75) is 50.5 Å². The minimum atomic E-state index is -2.12. The van der Waals surface area contributed by atoms with Crippen LogP contribution in [-0.2, 0) is 20.7 Å². The van der Waals surface area contributed by atoms with E-state index >= 15 is 0 Å². The summed E-state index contributed by atoms with van der Waals surface area (Å²) in [6.07, 6.45) is -1.44. The molecular weight excluding hydrogens is 395 g/mol. The van der Waals surface area contributed by atoms with Gasteiger partial charge in [0.2, 0.25) is 0 Å². The van der Waals surface area contributed by atoms with Gasteiger partial charge in [-0.25, -0.2) is 18.8 Å². The Labute approximate surface area is 164 Å². The fourth-order valence-electron chi connectivity index (χ4n) is 2.55. The van der Waals surface area contributed by atoms with Crippen LogP contribution in [0.4, 0.5) is 9.18 Å². The minimum absolute atomic E-state index is 0.0546. The second-order valence-electron chi connectivity index (χ2n) is 7.31. The van der Waals surface area contributed by atoms with Crippen LogP contribution in [0.15, 0.2) is 18.2 Å². The maximum absolute atomic E-state index is 14.4. The summed E-state index contributed by atoms with van der Waals surface area (Å²) in [6, 6.07) is 2.49. The monoisotopic (exact) mass is 416 g/mol. The zero-order valence-electron chi connectivity index (χ0n) is 15.5. The van der Waals surface area contributed by atoms with E-state index in [1.54, 1.807) is 20.8 Å². The first kappa shape index (κ1) is 22.1. The fourth-order valence-corrected chi connectivity index (χ4v) is 3.61. The topological polar surface area (TPSA) is 136 Å². The molecule has 0 saturated carbocycles. The highest BCUT2D eigenvalue weighted by Gasteiger charge is 2.44. The summed E-state index contributed by atoms with van der Waals surface area (Å²) in [7, 11) is 0. The predicted octanol–water partition coefficient (Wildman–Crippen LogP) is 2.67. The average molecular weight is 416 g/mol. The molecule has 0 bridgehead atoms. The summed E-state index contributed by atoms with van der Waals surface area (Å²) in [6.45, 7) is 4.89. The molecule has 0 spiro atoms. The Bertz CT molecular complexity index is 794. The predicted molar refractivity (Wildman–Crippen MR) is 96.3 cm³/mol. The van der Waals surface area contributed by atoms with E-state index in [1.165, 1.54) is 12.1 Å². The van der Waals surface area contributed by atoms with Gasteiger partial charge in [-0.2, -0.15) is 5.21 Å². The zero-order chi connectivity index (χ0) is 21.3. The van der Waals surface area contributed by atoms with Crippen molar-refractivity contribution in [2.75, 3.05) is 0 Å². The number of amides is 2. The van der Waals surface area contributed by atoms with Crippen LogP contribution in [0.3, 0.4) is 0 Å². The highest BCUT2D eigenvalue weighted by atomic mass is 32.2. The highest BCUT2D eigenvalue weighted by molar-refractivity contribution is 7.94. The molecule has 0 aliphatic carbocycles. The van der Waals surface area contributed by atoms with Gasteiger partial charge < -0.3 is 20.4 Å². The van der Waals surface area contributed by atoms with Crippen LogP contribution in [-0.4, -0.2) is 44.1 Å². The van der Waals surface area contributed by atoms with Crippen LogP contribution in [0.1, 0.15) is 43.6 Å². The molecule has 3 atom stereocenters. The normalized spacial score (nSPS) is 23.4. The molecule has 1 heterocycles. The van der Waals surface area contributed by atoms with E-state index in [-0.39, 0.29) is 24.0 Å². The Kier molecular flexibility index (Phi) is 6.34. The number of benzene rings is 1. The number of alkyl carbamates (subject to hydrolysis) is 1. The molecule has 2 rings (SSSR count). The van der Waals surface area contributed by atoms with Gasteiger partial charge in [0, 0.05) is 12.0 Å². The lowest BCUT2D eigenvalue weighted by atomic mass is 10.0. The van der Waals surface area contributed by atoms with Crippen molar-refractivity contribution >= 4 is 29.9 Å². The first-order chi connectivity index (χ1) is 12.8. The molecule has 1 fully saturated rings. The van der Waals surface area contributed by atoms with Crippen molar-refractivity contribution in [3.63, 3.8) is 0 Å². The fraction of sp³-hybridized carbons (Fsp3) is 0.471. The van der Waals surface area contributed by atoms with Gasteiger partial charge in [-0.05, 0) is 32.4 Å². The lowest BCUT2D eigenvalue weighted by Gasteiger charge is -2.22. The molecule has 1 aliphatic heterocycles. The van der Waals surface area contributed by atoms with Gasteiger partial charge in [0.25, 0.3) is 0 Å². The molecule has 11 heteroatoms. The number of hydroxylamine groups is 2. The lowest BCUT2D eigenvalue weighted by molar-refractivity contribution is -0.880. The molecule has 2 amide bonds. The number of carboxylic acid groups (broad SMARTS) is 1. The third-order valence-electron chi connectivity index (χ3n) is 3.79. The molecular formula is C17H21FN2O7S. The van der Waals surface area contributed by atoms with Crippen molar-refractivity contribution in [3.8, 4) is 0 Å². The molecule has 1 aliphatic rings. The Balaban J connectivity index is 2.10. The van der Waals surface area contributed by atoms with Crippen LogP contribution in [0, 0.1) is 11.0 Å². The first-order valence-electron chi connectivity index (χ1n) is 8.34. The van der Waals surface area contributed by atoms with Gasteiger partial charge in [0.1, 0.15) is 34.7 Å². The molecule has 9 nitrogen and oxygen atoms in total. The number of carboxylic acids is 1. The number of ether oxygens (including phenoxy) is 1. The minimum Gasteiger partial charge on any atom is -0.579 e. The molecule has 0 radical (unpaired) electrons. The number of carbonyl (C=O) groups excluding carboxylic acids is 2. The van der Waals surface area contributed by atoms with Crippen molar-refractivity contribution < 1.29 is 38.0 Å². The number of hydrogen-bond donors (Lipinski definition) is 3. The molecule has 1 aromatic carbocycles. The molecule has 28 heavy (non-hydrogen) atoms. The SMILES string of the molecule is CC(C)(C)OC(=O)NC(Cc1ccc(C2CC(=O)[N+]([O-])(O)S2)c(F)c1)C(=O)O. The first-order valence-corrected chi connectivity index (χ1v) is 9.17. The van der Waals surface area contributed by atoms with E-state index in [0.29, 0.717) is 11.9 Å². The molecule has 154 valence electrons. The summed E-state index contributed by atoms with van der Waals surface area (Å²) >= 11 is 0.362. The third-order valence-corrected chi connectivity index (χ3v) is 4.95. The summed E-state index contributed by atoms with van der Waals surface area (Å²) < 4.78 is 17.3. The number of aliphatic carboxylic acids is 1. The average Bonchev–Trinajstić information content (AvgIpc) is 2.78. The van der Waals surface area contributed by atoms with Gasteiger partial charge in [-0.3, -0.25) is 0 Å². The lowest BCUT2D eigenvalue weighted by Crippen LogP contribution is -2.44. The molecule has 3 unspecified atom stereocenters. The summed E-state index contributed by atoms with van der Waals surface area (Å²) in [4.78, 5) is 34.6. The smallest absolute Gasteiger partial charge is 0.408 e. The number of hydrogen-bond acceptors (Lipinski definition) is 7. The maximum Gasteiger partial charge on any atom is 0.408 e. The van der Waals surface area contributed by atoms with E-state index in [9.17, 15) is 34.3 Å². The van der Waals surface area contributed by atoms with Crippen LogP contribution in [0.2, 0.25) is 0 Å². The van der Waals surface area contributed by atoms with Gasteiger partial charge >= 0.3 is 18.0 Å². The Morgan fingerprint density at radius 3 is 2.57 bits per heavy atom. The summed E-state index contributed by atoms with van der Waals surface area (Å²) in [5.74, 6) is -3.04. The van der Waals surface area contributed by atoms with Crippen LogP contribution < -0.4 is 5.32 Å². The third kappa shape index (κ3) is 5.64. The molecule has 0 aromatic heterocycles. The Hall–Kier alpha value is -2.21.